The van der Waals surface area contributed by atoms with Crippen LogP contribution in [0.4, 0.5) is 0 Å². The molecule has 0 aromatic heterocycles. The highest BCUT2D eigenvalue weighted by Gasteiger charge is 2.42. The number of likely N-dealkylation sites (tertiary alicyclic amines) is 1. The van der Waals surface area contributed by atoms with E-state index in [1.807, 2.05) is 0 Å². The largest absolute Gasteiger partial charge is 0.329 e. The summed E-state index contributed by atoms with van der Waals surface area (Å²) in [5, 5.41) is 0. The molecule has 0 aromatic rings. The van der Waals surface area contributed by atoms with E-state index in [1.165, 1.54) is 51.6 Å². The minimum Gasteiger partial charge on any atom is -0.329 e. The number of hydrogen-bond acceptors (Lipinski definition) is 2. The fourth-order valence-corrected chi connectivity index (χ4v) is 4.06. The molecular formula is C15H30N2. The Bertz CT molecular complexity index is 262. The maximum Gasteiger partial charge on any atom is 0.0334 e. The molecule has 0 spiro atoms. The van der Waals surface area contributed by atoms with Gasteiger partial charge >= 0.3 is 0 Å². The Balaban J connectivity index is 2.11. The Hall–Kier alpha value is -0.0800. The monoisotopic (exact) mass is 238 g/mol. The molecule has 1 saturated heterocycles. The van der Waals surface area contributed by atoms with Crippen molar-refractivity contribution in [3.63, 3.8) is 0 Å². The topological polar surface area (TPSA) is 29.3 Å². The van der Waals surface area contributed by atoms with Crippen LogP contribution in [0.5, 0.6) is 0 Å². The summed E-state index contributed by atoms with van der Waals surface area (Å²) in [4.78, 5) is 2.74. The van der Waals surface area contributed by atoms with Crippen molar-refractivity contribution in [2.45, 2.75) is 64.8 Å². The third-order valence-electron chi connectivity index (χ3n) is 5.02. The molecule has 1 aliphatic carbocycles. The molecule has 1 aliphatic heterocycles. The van der Waals surface area contributed by atoms with Gasteiger partial charge in [-0.25, -0.2) is 0 Å². The van der Waals surface area contributed by atoms with Crippen LogP contribution in [0.15, 0.2) is 0 Å². The molecule has 1 heterocycles. The molecule has 2 N–H and O–H groups in total. The van der Waals surface area contributed by atoms with E-state index in [1.54, 1.807) is 0 Å². The Morgan fingerprint density at radius 3 is 2.59 bits per heavy atom. The average molecular weight is 238 g/mol. The zero-order valence-corrected chi connectivity index (χ0v) is 12.0. The van der Waals surface area contributed by atoms with Crippen LogP contribution >= 0.6 is 0 Å². The number of hydrogen-bond donors (Lipinski definition) is 1. The summed E-state index contributed by atoms with van der Waals surface area (Å²) in [6.07, 6.45) is 8.14. The van der Waals surface area contributed by atoms with Crippen molar-refractivity contribution in [2.75, 3.05) is 19.6 Å². The third kappa shape index (κ3) is 2.85. The van der Waals surface area contributed by atoms with Gasteiger partial charge < -0.3 is 5.73 Å². The van der Waals surface area contributed by atoms with Crippen molar-refractivity contribution in [3.05, 3.63) is 0 Å². The molecule has 2 unspecified atom stereocenters. The molecule has 2 fully saturated rings. The van der Waals surface area contributed by atoms with Gasteiger partial charge in [0.1, 0.15) is 0 Å². The van der Waals surface area contributed by atoms with Crippen LogP contribution in [0.2, 0.25) is 0 Å². The molecule has 100 valence electrons. The summed E-state index contributed by atoms with van der Waals surface area (Å²) in [6, 6.07) is 0. The lowest BCUT2D eigenvalue weighted by Crippen LogP contribution is -2.60. The van der Waals surface area contributed by atoms with Crippen molar-refractivity contribution in [2.24, 2.45) is 17.1 Å². The second-order valence-corrected chi connectivity index (χ2v) is 7.32. The minimum absolute atomic E-state index is 0.329. The lowest BCUT2D eigenvalue weighted by Gasteiger charge is -2.52. The molecule has 2 heteroatoms. The highest BCUT2D eigenvalue weighted by molar-refractivity contribution is 4.98. The minimum atomic E-state index is 0.329. The van der Waals surface area contributed by atoms with Gasteiger partial charge in [0.25, 0.3) is 0 Å². The first kappa shape index (κ1) is 13.4. The Morgan fingerprint density at radius 1 is 1.24 bits per heavy atom. The van der Waals surface area contributed by atoms with Crippen LogP contribution in [0.3, 0.4) is 0 Å². The predicted octanol–water partition coefficient (Wildman–Crippen LogP) is 3.02. The van der Waals surface area contributed by atoms with Gasteiger partial charge in [-0.05, 0) is 43.6 Å². The molecule has 2 aliphatic rings. The van der Waals surface area contributed by atoms with Gasteiger partial charge in [0.2, 0.25) is 0 Å². The second kappa shape index (κ2) is 4.89. The fourth-order valence-electron chi connectivity index (χ4n) is 4.06. The SMILES string of the molecule is CC1CCCC(CN)(N2CCCC(C)(C)C2)C1. The zero-order valence-electron chi connectivity index (χ0n) is 12.0. The maximum atomic E-state index is 6.18. The molecule has 0 amide bonds. The van der Waals surface area contributed by atoms with Crippen molar-refractivity contribution >= 4 is 0 Å². The van der Waals surface area contributed by atoms with Gasteiger partial charge in [-0.3, -0.25) is 4.90 Å². The van der Waals surface area contributed by atoms with E-state index in [0.717, 1.165) is 12.5 Å². The molecule has 2 nitrogen and oxygen atoms in total. The summed E-state index contributed by atoms with van der Waals surface area (Å²) < 4.78 is 0. The van der Waals surface area contributed by atoms with E-state index in [9.17, 15) is 0 Å². The molecule has 1 saturated carbocycles. The number of nitrogens with two attached hydrogens (primary N) is 1. The van der Waals surface area contributed by atoms with Crippen molar-refractivity contribution in [1.29, 1.82) is 0 Å². The Labute approximate surface area is 107 Å². The molecular weight excluding hydrogens is 208 g/mol. The predicted molar refractivity (Wildman–Crippen MR) is 74.0 cm³/mol. The van der Waals surface area contributed by atoms with Crippen LogP contribution in [0.1, 0.15) is 59.3 Å². The van der Waals surface area contributed by atoms with Gasteiger partial charge in [0, 0.05) is 18.6 Å². The number of rotatable bonds is 2. The zero-order chi connectivity index (χ0) is 12.5. The lowest BCUT2D eigenvalue weighted by atomic mass is 9.72. The summed E-state index contributed by atoms with van der Waals surface area (Å²) in [5.74, 6) is 0.859. The van der Waals surface area contributed by atoms with E-state index in [4.69, 9.17) is 5.73 Å². The van der Waals surface area contributed by atoms with Crippen LogP contribution in [0, 0.1) is 11.3 Å². The first-order chi connectivity index (χ1) is 7.97. The quantitative estimate of drug-likeness (QED) is 0.801. The summed E-state index contributed by atoms with van der Waals surface area (Å²) in [7, 11) is 0. The van der Waals surface area contributed by atoms with Crippen LogP contribution in [-0.4, -0.2) is 30.1 Å². The van der Waals surface area contributed by atoms with Gasteiger partial charge in [-0.2, -0.15) is 0 Å². The van der Waals surface area contributed by atoms with Crippen LogP contribution < -0.4 is 5.73 Å². The number of piperidine rings is 1. The molecule has 0 aromatic carbocycles. The smallest absolute Gasteiger partial charge is 0.0334 e. The van der Waals surface area contributed by atoms with E-state index in [-0.39, 0.29) is 0 Å². The highest BCUT2D eigenvalue weighted by atomic mass is 15.2. The summed E-state index contributed by atoms with van der Waals surface area (Å²) >= 11 is 0. The highest BCUT2D eigenvalue weighted by Crippen LogP contribution is 2.40. The van der Waals surface area contributed by atoms with Crippen molar-refractivity contribution in [1.82, 2.24) is 4.90 Å². The van der Waals surface area contributed by atoms with Crippen LogP contribution in [0.25, 0.3) is 0 Å². The number of nitrogens with zero attached hydrogens (tertiary/aromatic N) is 1. The normalized spacial score (nSPS) is 39.2. The molecule has 0 radical (unpaired) electrons. The fraction of sp³-hybridized carbons (Fsp3) is 1.00. The standard InChI is InChI=1S/C15H30N2/c1-13-6-4-8-15(10-13,11-16)17-9-5-7-14(2,3)12-17/h13H,4-12,16H2,1-3H3. The lowest BCUT2D eigenvalue weighted by molar-refractivity contribution is -0.0141. The Morgan fingerprint density at radius 2 is 2.00 bits per heavy atom. The van der Waals surface area contributed by atoms with Gasteiger partial charge in [-0.1, -0.05) is 33.6 Å². The second-order valence-electron chi connectivity index (χ2n) is 7.32. The van der Waals surface area contributed by atoms with E-state index in [2.05, 4.69) is 25.7 Å². The van der Waals surface area contributed by atoms with Gasteiger partial charge in [0.05, 0.1) is 0 Å². The third-order valence-corrected chi connectivity index (χ3v) is 5.02. The van der Waals surface area contributed by atoms with E-state index >= 15 is 0 Å². The molecule has 0 bridgehead atoms. The van der Waals surface area contributed by atoms with E-state index in [0.29, 0.717) is 11.0 Å². The average Bonchev–Trinajstić information content (AvgIpc) is 2.27. The Kier molecular flexibility index (Phi) is 3.84. The van der Waals surface area contributed by atoms with Crippen LogP contribution in [-0.2, 0) is 0 Å². The first-order valence-corrected chi connectivity index (χ1v) is 7.43. The van der Waals surface area contributed by atoms with Gasteiger partial charge in [-0.15, -0.1) is 0 Å². The first-order valence-electron chi connectivity index (χ1n) is 7.43. The molecule has 17 heavy (non-hydrogen) atoms. The van der Waals surface area contributed by atoms with Crippen molar-refractivity contribution < 1.29 is 0 Å². The summed E-state index contributed by atoms with van der Waals surface area (Å²) in [6.45, 7) is 10.6. The van der Waals surface area contributed by atoms with Gasteiger partial charge in [0.15, 0.2) is 0 Å². The molecule has 2 atom stereocenters. The van der Waals surface area contributed by atoms with Crippen molar-refractivity contribution in [3.8, 4) is 0 Å². The summed E-state index contributed by atoms with van der Waals surface area (Å²) in [5.41, 5.74) is 6.99. The van der Waals surface area contributed by atoms with E-state index < -0.39 is 0 Å². The maximum absolute atomic E-state index is 6.18. The molecule has 2 rings (SSSR count).